The first-order valence-corrected chi connectivity index (χ1v) is 7.18. The average molecular weight is 305 g/mol. The number of rotatable bonds is 2. The Kier molecular flexibility index (Phi) is 3.56. The molecule has 2 aliphatic rings. The van der Waals surface area contributed by atoms with Gasteiger partial charge in [-0.05, 0) is 13.0 Å². The zero-order valence-electron chi connectivity index (χ0n) is 12.8. The van der Waals surface area contributed by atoms with Gasteiger partial charge in [0.1, 0.15) is 11.3 Å². The molecule has 3 rings (SSSR count). The monoisotopic (exact) mass is 305 g/mol. The van der Waals surface area contributed by atoms with E-state index in [1.54, 1.807) is 6.92 Å². The van der Waals surface area contributed by atoms with Gasteiger partial charge < -0.3 is 14.2 Å². The summed E-state index contributed by atoms with van der Waals surface area (Å²) >= 11 is 0. The van der Waals surface area contributed by atoms with Gasteiger partial charge in [-0.25, -0.2) is 0 Å². The summed E-state index contributed by atoms with van der Waals surface area (Å²) in [7, 11) is 2.64. The van der Waals surface area contributed by atoms with Crippen molar-refractivity contribution in [3.63, 3.8) is 0 Å². The molecule has 0 saturated carbocycles. The van der Waals surface area contributed by atoms with Crippen LogP contribution in [-0.2, 0) is 19.1 Å². The highest BCUT2D eigenvalue weighted by molar-refractivity contribution is 5.89. The summed E-state index contributed by atoms with van der Waals surface area (Å²) in [6.45, 7) is 2.03. The average Bonchev–Trinajstić information content (AvgIpc) is 2.87. The van der Waals surface area contributed by atoms with Crippen molar-refractivity contribution in [2.24, 2.45) is 11.8 Å². The van der Waals surface area contributed by atoms with Crippen LogP contribution in [0.3, 0.4) is 0 Å². The largest absolute Gasteiger partial charge is 0.493 e. The predicted octanol–water partition coefficient (Wildman–Crippen LogP) is 1.06. The molecule has 6 heteroatoms. The van der Waals surface area contributed by atoms with Gasteiger partial charge >= 0.3 is 11.9 Å². The van der Waals surface area contributed by atoms with Crippen molar-refractivity contribution in [2.45, 2.75) is 18.5 Å². The summed E-state index contributed by atoms with van der Waals surface area (Å²) in [5.74, 6) is -0.991. The Morgan fingerprint density at radius 3 is 2.68 bits per heavy atom. The molecule has 1 aromatic rings. The van der Waals surface area contributed by atoms with Gasteiger partial charge in [-0.3, -0.25) is 14.9 Å². The number of hydrogen-bond acceptors (Lipinski definition) is 6. The first-order valence-electron chi connectivity index (χ1n) is 7.18. The van der Waals surface area contributed by atoms with Gasteiger partial charge in [0.2, 0.25) is 0 Å². The zero-order valence-corrected chi connectivity index (χ0v) is 12.8. The molecule has 0 spiro atoms. The molecule has 0 aromatic heterocycles. The minimum absolute atomic E-state index is 0.154. The quantitative estimate of drug-likeness (QED) is 0.824. The normalized spacial score (nSPS) is 32.4. The molecule has 0 aliphatic carbocycles. The summed E-state index contributed by atoms with van der Waals surface area (Å²) < 4.78 is 15.6. The smallest absolute Gasteiger partial charge is 0.326 e. The van der Waals surface area contributed by atoms with E-state index in [1.165, 1.54) is 14.2 Å². The number of hydrogen-bond donors (Lipinski definition) is 1. The van der Waals surface area contributed by atoms with Crippen LogP contribution < -0.4 is 10.1 Å². The second kappa shape index (κ2) is 5.28. The van der Waals surface area contributed by atoms with Gasteiger partial charge in [0.25, 0.3) is 0 Å². The summed E-state index contributed by atoms with van der Waals surface area (Å²) in [5, 5.41) is 3.29. The number of fused-ring (bicyclic) bond motifs is 3. The molecule has 0 unspecified atom stereocenters. The van der Waals surface area contributed by atoms with Crippen molar-refractivity contribution < 1.29 is 23.8 Å². The van der Waals surface area contributed by atoms with Gasteiger partial charge in [0.15, 0.2) is 0 Å². The lowest BCUT2D eigenvalue weighted by Crippen LogP contribution is -2.53. The highest BCUT2D eigenvalue weighted by Crippen LogP contribution is 2.48. The van der Waals surface area contributed by atoms with Crippen molar-refractivity contribution in [1.82, 2.24) is 5.32 Å². The fourth-order valence-electron chi connectivity index (χ4n) is 3.63. The fraction of sp³-hybridized carbons (Fsp3) is 0.500. The molecule has 0 bridgehead atoms. The summed E-state index contributed by atoms with van der Waals surface area (Å²) in [4.78, 5) is 24.6. The van der Waals surface area contributed by atoms with E-state index in [2.05, 4.69) is 5.32 Å². The van der Waals surface area contributed by atoms with Crippen molar-refractivity contribution in [2.75, 3.05) is 20.8 Å². The van der Waals surface area contributed by atoms with Crippen LogP contribution in [0.5, 0.6) is 5.75 Å². The number of carbonyl (C=O) groups is 2. The Morgan fingerprint density at radius 2 is 2.00 bits per heavy atom. The van der Waals surface area contributed by atoms with E-state index < -0.39 is 23.4 Å². The highest BCUT2D eigenvalue weighted by Gasteiger charge is 2.61. The standard InChI is InChI=1S/C16H19NO5/c1-16(15(19)21-3)12(14(18)20-2)10-8-22-11-7-5-4-6-9(11)13(10)17-16/h4-7,10,12-13,17H,8H2,1-3H3/t10-,12+,13+,16+/m0/s1. The first-order chi connectivity index (χ1) is 10.5. The third kappa shape index (κ3) is 1.98. The zero-order chi connectivity index (χ0) is 15.9. The van der Waals surface area contributed by atoms with Crippen LogP contribution in [0.15, 0.2) is 24.3 Å². The number of carbonyl (C=O) groups excluding carboxylic acids is 2. The molecule has 1 fully saturated rings. The van der Waals surface area contributed by atoms with E-state index in [4.69, 9.17) is 14.2 Å². The number of benzene rings is 1. The molecule has 0 radical (unpaired) electrons. The molecular weight excluding hydrogens is 286 g/mol. The van der Waals surface area contributed by atoms with Crippen LogP contribution in [0.4, 0.5) is 0 Å². The maximum atomic E-state index is 12.3. The first kappa shape index (κ1) is 14.8. The van der Waals surface area contributed by atoms with E-state index in [9.17, 15) is 9.59 Å². The number of nitrogens with one attached hydrogen (secondary N) is 1. The molecule has 1 N–H and O–H groups in total. The van der Waals surface area contributed by atoms with Gasteiger partial charge in [-0.2, -0.15) is 0 Å². The number of methoxy groups -OCH3 is 2. The topological polar surface area (TPSA) is 73.9 Å². The second-order valence-electron chi connectivity index (χ2n) is 5.83. The SMILES string of the molecule is COC(=O)[C@H]1[C@@H]2COc3ccccc3[C@H]2N[C@@]1(C)C(=O)OC. The minimum Gasteiger partial charge on any atom is -0.493 e. The third-order valence-corrected chi connectivity index (χ3v) is 4.68. The molecule has 2 aliphatic heterocycles. The van der Waals surface area contributed by atoms with E-state index in [0.717, 1.165) is 11.3 Å². The lowest BCUT2D eigenvalue weighted by atomic mass is 9.78. The van der Waals surface area contributed by atoms with Crippen LogP contribution in [0.2, 0.25) is 0 Å². The molecule has 22 heavy (non-hydrogen) atoms. The van der Waals surface area contributed by atoms with Crippen LogP contribution in [0.1, 0.15) is 18.5 Å². The van der Waals surface area contributed by atoms with Crippen molar-refractivity contribution in [3.8, 4) is 5.75 Å². The summed E-state index contributed by atoms with van der Waals surface area (Å²) in [6, 6.07) is 7.47. The number of ether oxygens (including phenoxy) is 3. The van der Waals surface area contributed by atoms with Gasteiger partial charge in [-0.1, -0.05) is 18.2 Å². The number of esters is 2. The van der Waals surface area contributed by atoms with Crippen LogP contribution in [0, 0.1) is 11.8 Å². The highest BCUT2D eigenvalue weighted by atomic mass is 16.5. The van der Waals surface area contributed by atoms with Crippen LogP contribution >= 0.6 is 0 Å². The Bertz CT molecular complexity index is 616. The van der Waals surface area contributed by atoms with E-state index in [1.807, 2.05) is 24.3 Å². The van der Waals surface area contributed by atoms with Crippen LogP contribution in [-0.4, -0.2) is 38.3 Å². The van der Waals surface area contributed by atoms with Crippen molar-refractivity contribution >= 4 is 11.9 Å². The molecule has 4 atom stereocenters. The molecule has 2 heterocycles. The Balaban J connectivity index is 2.06. The Morgan fingerprint density at radius 1 is 1.27 bits per heavy atom. The summed E-state index contributed by atoms with van der Waals surface area (Å²) in [6.07, 6.45) is 0. The fourth-order valence-corrected chi connectivity index (χ4v) is 3.63. The van der Waals surface area contributed by atoms with Crippen LogP contribution in [0.25, 0.3) is 0 Å². The number of para-hydroxylation sites is 1. The van der Waals surface area contributed by atoms with Crippen molar-refractivity contribution in [1.29, 1.82) is 0 Å². The second-order valence-corrected chi connectivity index (χ2v) is 5.83. The molecule has 6 nitrogen and oxygen atoms in total. The lowest BCUT2D eigenvalue weighted by Gasteiger charge is -2.30. The molecule has 1 saturated heterocycles. The minimum atomic E-state index is -1.14. The predicted molar refractivity (Wildman–Crippen MR) is 77.2 cm³/mol. The third-order valence-electron chi connectivity index (χ3n) is 4.68. The molecular formula is C16H19NO5. The molecule has 118 valence electrons. The lowest BCUT2D eigenvalue weighted by molar-refractivity contribution is -0.159. The Hall–Kier alpha value is -2.08. The van der Waals surface area contributed by atoms with Gasteiger partial charge in [0, 0.05) is 17.5 Å². The van der Waals surface area contributed by atoms with Crippen molar-refractivity contribution in [3.05, 3.63) is 29.8 Å². The van der Waals surface area contributed by atoms with E-state index in [-0.39, 0.29) is 12.0 Å². The maximum Gasteiger partial charge on any atom is 0.326 e. The van der Waals surface area contributed by atoms with Gasteiger partial charge in [-0.15, -0.1) is 0 Å². The Labute approximate surface area is 128 Å². The van der Waals surface area contributed by atoms with Gasteiger partial charge in [0.05, 0.1) is 26.7 Å². The maximum absolute atomic E-state index is 12.3. The van der Waals surface area contributed by atoms with E-state index >= 15 is 0 Å². The molecule has 0 amide bonds. The molecule has 1 aromatic carbocycles. The van der Waals surface area contributed by atoms with E-state index in [0.29, 0.717) is 6.61 Å². The summed E-state index contributed by atoms with van der Waals surface area (Å²) in [5.41, 5.74) is -0.196.